The molecule has 0 spiro atoms. The first-order chi connectivity index (χ1) is 8.21. The monoisotopic (exact) mass is 227 g/mol. The van der Waals surface area contributed by atoms with E-state index in [9.17, 15) is 0 Å². The Hall–Kier alpha value is -1.82. The van der Waals surface area contributed by atoms with Crippen LogP contribution in [-0.4, -0.2) is 9.55 Å². The summed E-state index contributed by atoms with van der Waals surface area (Å²) in [6.07, 6.45) is 1.77. The summed E-state index contributed by atoms with van der Waals surface area (Å²) in [6.45, 7) is 4.14. The van der Waals surface area contributed by atoms with Crippen LogP contribution in [-0.2, 0) is 13.5 Å². The van der Waals surface area contributed by atoms with Crippen molar-refractivity contribution in [3.05, 3.63) is 29.6 Å². The highest BCUT2D eigenvalue weighted by Crippen LogP contribution is 2.23. The van der Waals surface area contributed by atoms with Gasteiger partial charge in [0.05, 0.1) is 23.0 Å². The van der Waals surface area contributed by atoms with Gasteiger partial charge in [-0.3, -0.25) is 0 Å². The molecule has 88 valence electrons. The van der Waals surface area contributed by atoms with Gasteiger partial charge in [-0.25, -0.2) is 4.98 Å². The number of benzene rings is 1. The molecular weight excluding hydrogens is 210 g/mol. The predicted octanol–water partition coefficient (Wildman–Crippen LogP) is 3.15. The number of aryl methyl sites for hydroxylation is 2. The van der Waals surface area contributed by atoms with E-state index in [1.807, 2.05) is 26.1 Å². The summed E-state index contributed by atoms with van der Waals surface area (Å²) in [4.78, 5) is 4.60. The van der Waals surface area contributed by atoms with Crippen LogP contribution in [0.1, 0.15) is 37.6 Å². The summed E-state index contributed by atoms with van der Waals surface area (Å²) in [7, 11) is 2.04. The predicted molar refractivity (Wildman–Crippen MR) is 68.7 cm³/mol. The van der Waals surface area contributed by atoms with Crippen molar-refractivity contribution < 1.29 is 0 Å². The minimum Gasteiger partial charge on any atom is -0.331 e. The molecular formula is C14H17N3. The maximum absolute atomic E-state index is 9.08. The van der Waals surface area contributed by atoms with Crippen LogP contribution in [0.25, 0.3) is 11.0 Å². The van der Waals surface area contributed by atoms with E-state index in [1.165, 1.54) is 0 Å². The Bertz CT molecular complexity index is 575. The molecule has 0 saturated heterocycles. The smallest absolute Gasteiger partial charge is 0.109 e. The molecule has 1 aromatic heterocycles. The van der Waals surface area contributed by atoms with Crippen molar-refractivity contribution >= 4 is 11.0 Å². The highest BCUT2D eigenvalue weighted by Gasteiger charge is 2.11. The second-order valence-electron chi connectivity index (χ2n) is 4.28. The normalized spacial score (nSPS) is 12.6. The van der Waals surface area contributed by atoms with Gasteiger partial charge in [0.15, 0.2) is 0 Å². The van der Waals surface area contributed by atoms with Crippen LogP contribution >= 0.6 is 0 Å². The van der Waals surface area contributed by atoms with Crippen LogP contribution in [0.3, 0.4) is 0 Å². The summed E-state index contributed by atoms with van der Waals surface area (Å²) in [5.41, 5.74) is 3.21. The molecule has 0 saturated carbocycles. The van der Waals surface area contributed by atoms with Gasteiger partial charge in [-0.1, -0.05) is 19.9 Å². The topological polar surface area (TPSA) is 41.6 Å². The molecule has 17 heavy (non-hydrogen) atoms. The van der Waals surface area contributed by atoms with Crippen molar-refractivity contribution in [2.45, 2.75) is 32.6 Å². The molecule has 1 atom stereocenters. The molecule has 1 heterocycles. The lowest BCUT2D eigenvalue weighted by atomic mass is 9.98. The highest BCUT2D eigenvalue weighted by atomic mass is 15.1. The summed E-state index contributed by atoms with van der Waals surface area (Å²) < 4.78 is 2.12. The maximum atomic E-state index is 9.08. The van der Waals surface area contributed by atoms with E-state index in [0.717, 1.165) is 35.3 Å². The number of hydrogen-bond acceptors (Lipinski definition) is 2. The van der Waals surface area contributed by atoms with Gasteiger partial charge in [-0.2, -0.15) is 5.26 Å². The minimum atomic E-state index is -0.0218. The molecule has 2 aromatic rings. The first-order valence-corrected chi connectivity index (χ1v) is 6.06. The quantitative estimate of drug-likeness (QED) is 0.808. The fourth-order valence-electron chi connectivity index (χ4n) is 2.20. The Morgan fingerprint density at radius 2 is 2.18 bits per heavy atom. The van der Waals surface area contributed by atoms with Crippen molar-refractivity contribution in [1.82, 2.24) is 9.55 Å². The standard InChI is InChI=1S/C14H17N3/c1-4-10(9-15)11-6-7-13-12(8-11)16-14(5-2)17(13)3/h6-8,10H,4-5H2,1-3H3. The molecule has 0 aliphatic heterocycles. The van der Waals surface area contributed by atoms with Crippen LogP contribution < -0.4 is 0 Å². The first-order valence-electron chi connectivity index (χ1n) is 6.06. The molecule has 0 fully saturated rings. The van der Waals surface area contributed by atoms with Crippen molar-refractivity contribution in [2.75, 3.05) is 0 Å². The van der Waals surface area contributed by atoms with E-state index in [2.05, 4.69) is 28.6 Å². The first kappa shape index (κ1) is 11.7. The molecule has 2 rings (SSSR count). The van der Waals surface area contributed by atoms with E-state index in [1.54, 1.807) is 0 Å². The van der Waals surface area contributed by atoms with Gasteiger partial charge in [0.25, 0.3) is 0 Å². The molecule has 0 bridgehead atoms. The lowest BCUT2D eigenvalue weighted by molar-refractivity contribution is 0.819. The summed E-state index contributed by atoms with van der Waals surface area (Å²) in [5, 5.41) is 9.08. The van der Waals surface area contributed by atoms with Crippen molar-refractivity contribution in [1.29, 1.82) is 5.26 Å². The number of imidazole rings is 1. The van der Waals surface area contributed by atoms with Gasteiger partial charge in [-0.15, -0.1) is 0 Å². The van der Waals surface area contributed by atoms with E-state index >= 15 is 0 Å². The summed E-state index contributed by atoms with van der Waals surface area (Å²) in [5.74, 6) is 1.06. The lowest BCUT2D eigenvalue weighted by Crippen LogP contribution is -1.95. The van der Waals surface area contributed by atoms with Crippen molar-refractivity contribution in [2.24, 2.45) is 7.05 Å². The Balaban J connectivity index is 2.55. The Kier molecular flexibility index (Phi) is 3.14. The van der Waals surface area contributed by atoms with Crippen LogP contribution in [0.15, 0.2) is 18.2 Å². The van der Waals surface area contributed by atoms with E-state index in [4.69, 9.17) is 5.26 Å². The van der Waals surface area contributed by atoms with Gasteiger partial charge in [0.1, 0.15) is 5.82 Å². The number of aromatic nitrogens is 2. The van der Waals surface area contributed by atoms with E-state index in [-0.39, 0.29) is 5.92 Å². The Morgan fingerprint density at radius 3 is 2.76 bits per heavy atom. The molecule has 1 unspecified atom stereocenters. The zero-order chi connectivity index (χ0) is 12.4. The van der Waals surface area contributed by atoms with Gasteiger partial charge in [0.2, 0.25) is 0 Å². The van der Waals surface area contributed by atoms with Gasteiger partial charge < -0.3 is 4.57 Å². The number of fused-ring (bicyclic) bond motifs is 1. The minimum absolute atomic E-state index is 0.0218. The van der Waals surface area contributed by atoms with Gasteiger partial charge >= 0.3 is 0 Å². The highest BCUT2D eigenvalue weighted by molar-refractivity contribution is 5.77. The molecule has 0 aliphatic rings. The molecule has 1 aromatic carbocycles. The second kappa shape index (κ2) is 4.58. The molecule has 0 N–H and O–H groups in total. The second-order valence-corrected chi connectivity index (χ2v) is 4.28. The van der Waals surface area contributed by atoms with Crippen molar-refractivity contribution in [3.63, 3.8) is 0 Å². The van der Waals surface area contributed by atoms with Crippen LogP contribution in [0.4, 0.5) is 0 Å². The Morgan fingerprint density at radius 1 is 1.41 bits per heavy atom. The fourth-order valence-corrected chi connectivity index (χ4v) is 2.20. The van der Waals surface area contributed by atoms with Gasteiger partial charge in [0, 0.05) is 13.5 Å². The largest absolute Gasteiger partial charge is 0.331 e. The molecule has 0 aliphatic carbocycles. The third kappa shape index (κ3) is 1.91. The zero-order valence-electron chi connectivity index (χ0n) is 10.6. The SMILES string of the molecule is CCc1nc2cc(C(C#N)CC)ccc2n1C. The summed E-state index contributed by atoms with van der Waals surface area (Å²) in [6, 6.07) is 8.49. The van der Waals surface area contributed by atoms with Crippen LogP contribution in [0.5, 0.6) is 0 Å². The third-order valence-electron chi connectivity index (χ3n) is 3.28. The Labute approximate surface area is 102 Å². The number of hydrogen-bond donors (Lipinski definition) is 0. The van der Waals surface area contributed by atoms with E-state index in [0.29, 0.717) is 0 Å². The maximum Gasteiger partial charge on any atom is 0.109 e. The molecule has 3 heteroatoms. The number of rotatable bonds is 3. The van der Waals surface area contributed by atoms with Crippen LogP contribution in [0.2, 0.25) is 0 Å². The summed E-state index contributed by atoms with van der Waals surface area (Å²) >= 11 is 0. The average molecular weight is 227 g/mol. The number of nitrogens with zero attached hydrogens (tertiary/aromatic N) is 3. The van der Waals surface area contributed by atoms with E-state index < -0.39 is 0 Å². The molecule has 0 radical (unpaired) electrons. The lowest BCUT2D eigenvalue weighted by Gasteiger charge is -2.05. The average Bonchev–Trinajstić information content (AvgIpc) is 2.67. The number of nitriles is 1. The zero-order valence-corrected chi connectivity index (χ0v) is 10.6. The third-order valence-corrected chi connectivity index (χ3v) is 3.28. The fraction of sp³-hybridized carbons (Fsp3) is 0.429. The van der Waals surface area contributed by atoms with Crippen LogP contribution in [0, 0.1) is 11.3 Å². The molecule has 0 amide bonds. The van der Waals surface area contributed by atoms with Crippen molar-refractivity contribution in [3.8, 4) is 6.07 Å². The molecule has 3 nitrogen and oxygen atoms in total. The van der Waals surface area contributed by atoms with Gasteiger partial charge in [-0.05, 0) is 24.1 Å².